The van der Waals surface area contributed by atoms with E-state index in [9.17, 15) is 10.1 Å². The third-order valence-electron chi connectivity index (χ3n) is 3.42. The van der Waals surface area contributed by atoms with Gasteiger partial charge in [0.2, 0.25) is 5.89 Å². The Balaban J connectivity index is 1.92. The lowest BCUT2D eigenvalue weighted by molar-refractivity contribution is -0.384. The van der Waals surface area contributed by atoms with Crippen LogP contribution in [-0.2, 0) is 0 Å². The number of benzene rings is 2. The van der Waals surface area contributed by atoms with Crippen molar-refractivity contribution in [3.63, 3.8) is 0 Å². The summed E-state index contributed by atoms with van der Waals surface area (Å²) in [5.41, 5.74) is 2.70. The number of non-ortho nitro benzene ring substituents is 1. The zero-order valence-corrected chi connectivity index (χ0v) is 12.6. The van der Waals surface area contributed by atoms with E-state index in [2.05, 4.69) is 4.98 Å². The molecule has 0 aliphatic rings. The van der Waals surface area contributed by atoms with E-state index < -0.39 is 4.92 Å². The molecule has 0 spiro atoms. The standard InChI is InChI=1S/C17H14N2O4/c1-11-9-13(19(20)21)10-15-17(11)23-16(18-15)8-5-12-3-6-14(22-2)7-4-12/h3-10H,1-2H3/b8-5+. The molecule has 0 aliphatic heterocycles. The normalized spacial score (nSPS) is 11.2. The maximum absolute atomic E-state index is 10.9. The van der Waals surface area contributed by atoms with Crippen LogP contribution in [0, 0.1) is 17.0 Å². The van der Waals surface area contributed by atoms with Crippen molar-refractivity contribution in [2.24, 2.45) is 0 Å². The smallest absolute Gasteiger partial charge is 0.272 e. The lowest BCUT2D eigenvalue weighted by atomic mass is 10.2. The van der Waals surface area contributed by atoms with Gasteiger partial charge < -0.3 is 9.15 Å². The minimum atomic E-state index is -0.437. The molecule has 0 unspecified atom stereocenters. The third kappa shape index (κ3) is 3.06. The highest BCUT2D eigenvalue weighted by atomic mass is 16.6. The van der Waals surface area contributed by atoms with Gasteiger partial charge in [-0.25, -0.2) is 4.98 Å². The van der Waals surface area contributed by atoms with Crippen molar-refractivity contribution in [1.82, 2.24) is 4.98 Å². The van der Waals surface area contributed by atoms with Gasteiger partial charge in [0.25, 0.3) is 5.69 Å². The number of methoxy groups -OCH3 is 1. The zero-order valence-electron chi connectivity index (χ0n) is 12.6. The molecule has 6 nitrogen and oxygen atoms in total. The van der Waals surface area contributed by atoms with Crippen molar-refractivity contribution < 1.29 is 14.1 Å². The van der Waals surface area contributed by atoms with Crippen molar-refractivity contribution in [2.75, 3.05) is 7.11 Å². The highest BCUT2D eigenvalue weighted by Gasteiger charge is 2.13. The molecule has 1 aromatic heterocycles. The third-order valence-corrected chi connectivity index (χ3v) is 3.42. The molecule has 0 fully saturated rings. The Labute approximate surface area is 132 Å². The number of nitro benzene ring substituents is 1. The number of hydrogen-bond donors (Lipinski definition) is 0. The van der Waals surface area contributed by atoms with Crippen LogP contribution in [0.3, 0.4) is 0 Å². The Hall–Kier alpha value is -3.15. The first-order valence-electron chi connectivity index (χ1n) is 6.94. The Morgan fingerprint density at radius 2 is 1.96 bits per heavy atom. The van der Waals surface area contributed by atoms with Gasteiger partial charge in [0, 0.05) is 23.8 Å². The lowest BCUT2D eigenvalue weighted by Gasteiger charge is -1.98. The van der Waals surface area contributed by atoms with Crippen LogP contribution >= 0.6 is 0 Å². The fraction of sp³-hybridized carbons (Fsp3) is 0.118. The summed E-state index contributed by atoms with van der Waals surface area (Å²) >= 11 is 0. The summed E-state index contributed by atoms with van der Waals surface area (Å²) in [6, 6.07) is 10.4. The molecule has 0 aliphatic carbocycles. The summed E-state index contributed by atoms with van der Waals surface area (Å²) in [5, 5.41) is 10.9. The van der Waals surface area contributed by atoms with E-state index in [0.29, 0.717) is 22.6 Å². The monoisotopic (exact) mass is 310 g/mol. The molecule has 0 saturated heterocycles. The van der Waals surface area contributed by atoms with Gasteiger partial charge in [0.1, 0.15) is 11.3 Å². The fourth-order valence-corrected chi connectivity index (χ4v) is 2.26. The van der Waals surface area contributed by atoms with Gasteiger partial charge in [-0.2, -0.15) is 0 Å². The van der Waals surface area contributed by atoms with Crippen LogP contribution in [0.15, 0.2) is 40.8 Å². The van der Waals surface area contributed by atoms with Crippen LogP contribution in [0.5, 0.6) is 5.75 Å². The van der Waals surface area contributed by atoms with E-state index in [1.54, 1.807) is 20.1 Å². The summed E-state index contributed by atoms with van der Waals surface area (Å²) in [4.78, 5) is 14.7. The second-order valence-electron chi connectivity index (χ2n) is 5.03. The van der Waals surface area contributed by atoms with Gasteiger partial charge in [-0.15, -0.1) is 0 Å². The predicted octanol–water partition coefficient (Wildman–Crippen LogP) is 4.22. The number of oxazole rings is 1. The molecule has 116 valence electrons. The topological polar surface area (TPSA) is 78.4 Å². The lowest BCUT2D eigenvalue weighted by Crippen LogP contribution is -1.88. The van der Waals surface area contributed by atoms with Crippen LogP contribution < -0.4 is 4.74 Å². The minimum absolute atomic E-state index is 0.00832. The summed E-state index contributed by atoms with van der Waals surface area (Å²) in [6.45, 7) is 1.76. The first-order valence-corrected chi connectivity index (χ1v) is 6.94. The highest BCUT2D eigenvalue weighted by Crippen LogP contribution is 2.26. The minimum Gasteiger partial charge on any atom is -0.497 e. The molecular weight excluding hydrogens is 296 g/mol. The van der Waals surface area contributed by atoms with E-state index in [0.717, 1.165) is 11.3 Å². The van der Waals surface area contributed by atoms with Crippen molar-refractivity contribution in [3.8, 4) is 5.75 Å². The van der Waals surface area contributed by atoms with Gasteiger partial charge in [0.05, 0.1) is 12.0 Å². The quantitative estimate of drug-likeness (QED) is 0.532. The molecule has 3 aromatic rings. The summed E-state index contributed by atoms with van der Waals surface area (Å²) in [6.07, 6.45) is 3.58. The van der Waals surface area contributed by atoms with Gasteiger partial charge in [-0.3, -0.25) is 10.1 Å². The first-order chi connectivity index (χ1) is 11.1. The van der Waals surface area contributed by atoms with E-state index >= 15 is 0 Å². The molecule has 1 heterocycles. The molecule has 2 aromatic carbocycles. The van der Waals surface area contributed by atoms with E-state index in [-0.39, 0.29) is 5.69 Å². The molecule has 0 radical (unpaired) electrons. The molecule has 0 bridgehead atoms. The van der Waals surface area contributed by atoms with Gasteiger partial charge in [-0.1, -0.05) is 12.1 Å². The number of nitro groups is 1. The predicted molar refractivity (Wildman–Crippen MR) is 87.3 cm³/mol. The van der Waals surface area contributed by atoms with E-state index in [1.165, 1.54) is 12.1 Å². The molecule has 23 heavy (non-hydrogen) atoms. The van der Waals surface area contributed by atoms with Crippen molar-refractivity contribution in [1.29, 1.82) is 0 Å². The summed E-state index contributed by atoms with van der Waals surface area (Å²) in [5.74, 6) is 1.19. The number of hydrogen-bond acceptors (Lipinski definition) is 5. The van der Waals surface area contributed by atoms with Crippen molar-refractivity contribution >= 4 is 28.9 Å². The van der Waals surface area contributed by atoms with E-state index in [4.69, 9.17) is 9.15 Å². The van der Waals surface area contributed by atoms with Crippen LogP contribution in [0.4, 0.5) is 5.69 Å². The van der Waals surface area contributed by atoms with E-state index in [1.807, 2.05) is 30.3 Å². The van der Waals surface area contributed by atoms with Crippen LogP contribution in [0.1, 0.15) is 17.0 Å². The summed E-state index contributed by atoms with van der Waals surface area (Å²) in [7, 11) is 1.62. The second kappa shape index (κ2) is 5.92. The fourth-order valence-electron chi connectivity index (χ4n) is 2.26. The van der Waals surface area contributed by atoms with Crippen LogP contribution in [0.2, 0.25) is 0 Å². The Morgan fingerprint density at radius 1 is 1.22 bits per heavy atom. The number of ether oxygens (including phenoxy) is 1. The van der Waals surface area contributed by atoms with Crippen LogP contribution in [-0.4, -0.2) is 17.0 Å². The molecule has 0 atom stereocenters. The van der Waals surface area contributed by atoms with Crippen LogP contribution in [0.25, 0.3) is 23.3 Å². The molecule has 0 amide bonds. The average molecular weight is 310 g/mol. The molecule has 3 rings (SSSR count). The van der Waals surface area contributed by atoms with Crippen molar-refractivity contribution in [3.05, 3.63) is 63.5 Å². The number of fused-ring (bicyclic) bond motifs is 1. The van der Waals surface area contributed by atoms with Gasteiger partial charge in [0.15, 0.2) is 5.58 Å². The van der Waals surface area contributed by atoms with Gasteiger partial charge >= 0.3 is 0 Å². The van der Waals surface area contributed by atoms with Gasteiger partial charge in [-0.05, 0) is 30.7 Å². The SMILES string of the molecule is COc1ccc(/C=C/c2nc3cc([N+](=O)[O-])cc(C)c3o2)cc1. The number of aromatic nitrogens is 1. The molecular formula is C17H14N2O4. The van der Waals surface area contributed by atoms with Crippen molar-refractivity contribution in [2.45, 2.75) is 6.92 Å². The Kier molecular flexibility index (Phi) is 3.80. The zero-order chi connectivity index (χ0) is 16.4. The molecule has 0 N–H and O–H groups in total. The Bertz CT molecular complexity index is 895. The number of rotatable bonds is 4. The average Bonchev–Trinajstić information content (AvgIpc) is 2.97. The Morgan fingerprint density at radius 3 is 2.61 bits per heavy atom. The second-order valence-corrected chi connectivity index (χ2v) is 5.03. The molecule has 6 heteroatoms. The maximum atomic E-state index is 10.9. The maximum Gasteiger partial charge on any atom is 0.272 e. The highest BCUT2D eigenvalue weighted by molar-refractivity contribution is 5.81. The largest absolute Gasteiger partial charge is 0.497 e. The number of aryl methyl sites for hydroxylation is 1. The summed E-state index contributed by atoms with van der Waals surface area (Å²) < 4.78 is 10.8. The first kappa shape index (κ1) is 14.8. The molecule has 0 saturated carbocycles. The number of nitrogens with zero attached hydrogens (tertiary/aromatic N) is 2.